The number of thiazole rings is 1. The first-order valence-electron chi connectivity index (χ1n) is 10.3. The van der Waals surface area contributed by atoms with E-state index in [1.165, 1.54) is 22.0 Å². The normalized spacial score (nSPS) is 16.7. The molecular weight excluding hydrogens is 428 g/mol. The molecule has 1 aliphatic rings. The molecule has 0 radical (unpaired) electrons. The molecule has 4 aromatic rings. The number of amides is 1. The number of hydrogen-bond acceptors (Lipinski definition) is 7. The summed E-state index contributed by atoms with van der Waals surface area (Å²) in [5.74, 6) is 0.742. The van der Waals surface area contributed by atoms with Crippen LogP contribution in [0.1, 0.15) is 29.3 Å². The number of nitrogens with zero attached hydrogens (tertiary/aromatic N) is 6. The van der Waals surface area contributed by atoms with E-state index >= 15 is 0 Å². The Morgan fingerprint density at radius 2 is 2.03 bits per heavy atom. The van der Waals surface area contributed by atoms with Gasteiger partial charge in [0.05, 0.1) is 26.7 Å². The summed E-state index contributed by atoms with van der Waals surface area (Å²) in [7, 11) is 0. The van der Waals surface area contributed by atoms with Gasteiger partial charge < -0.3 is 4.90 Å². The average molecular weight is 451 g/mol. The Bertz CT molecular complexity index is 1170. The smallest absolute Gasteiger partial charge is 0.233 e. The molecule has 0 bridgehead atoms. The zero-order valence-corrected chi connectivity index (χ0v) is 18.8. The number of piperidine rings is 1. The fraction of sp³-hybridized carbons (Fsp3) is 0.318. The molecule has 0 unspecified atom stereocenters. The second kappa shape index (κ2) is 8.76. The molecule has 0 aliphatic carbocycles. The predicted octanol–water partition coefficient (Wildman–Crippen LogP) is 4.08. The third-order valence-electron chi connectivity index (χ3n) is 5.48. The van der Waals surface area contributed by atoms with Crippen LogP contribution in [0.3, 0.4) is 0 Å². The molecule has 0 spiro atoms. The van der Waals surface area contributed by atoms with Crippen molar-refractivity contribution in [3.05, 3.63) is 59.1 Å². The maximum absolute atomic E-state index is 12.9. The lowest BCUT2D eigenvalue weighted by Gasteiger charge is -2.31. The van der Waals surface area contributed by atoms with E-state index < -0.39 is 0 Å². The van der Waals surface area contributed by atoms with Gasteiger partial charge in [0.25, 0.3) is 0 Å². The molecule has 1 atom stereocenters. The summed E-state index contributed by atoms with van der Waals surface area (Å²) < 4.78 is 2.89. The number of hydrogen-bond donors (Lipinski definition) is 0. The first-order chi connectivity index (χ1) is 15.2. The minimum absolute atomic E-state index is 0.120. The molecule has 31 heavy (non-hydrogen) atoms. The maximum atomic E-state index is 12.9. The SMILES string of the molecule is Cc1ccc(-n2nnnc2SCC(=O)N2CCC[C@@H](c3nc4ccccc4s3)C2)cc1. The Labute approximate surface area is 188 Å². The Hall–Kier alpha value is -2.78. The predicted molar refractivity (Wildman–Crippen MR) is 123 cm³/mol. The molecule has 7 nitrogen and oxygen atoms in total. The van der Waals surface area contributed by atoms with Crippen molar-refractivity contribution in [3.8, 4) is 5.69 Å². The molecule has 158 valence electrons. The highest BCUT2D eigenvalue weighted by Gasteiger charge is 2.27. The van der Waals surface area contributed by atoms with E-state index in [4.69, 9.17) is 4.98 Å². The molecule has 1 aliphatic heterocycles. The van der Waals surface area contributed by atoms with E-state index in [9.17, 15) is 4.79 Å². The fourth-order valence-corrected chi connectivity index (χ4v) is 5.69. The van der Waals surface area contributed by atoms with Crippen molar-refractivity contribution in [1.82, 2.24) is 30.1 Å². The highest BCUT2D eigenvalue weighted by Crippen LogP contribution is 2.33. The quantitative estimate of drug-likeness (QED) is 0.427. The number of likely N-dealkylation sites (tertiary alicyclic amines) is 1. The fourth-order valence-electron chi connectivity index (χ4n) is 3.80. The molecule has 2 aromatic carbocycles. The van der Waals surface area contributed by atoms with Crippen molar-refractivity contribution < 1.29 is 4.79 Å². The Morgan fingerprint density at radius 3 is 2.87 bits per heavy atom. The zero-order chi connectivity index (χ0) is 21.2. The zero-order valence-electron chi connectivity index (χ0n) is 17.1. The van der Waals surface area contributed by atoms with Crippen molar-refractivity contribution in [3.63, 3.8) is 0 Å². The van der Waals surface area contributed by atoms with Crippen LogP contribution in [-0.4, -0.2) is 54.8 Å². The lowest BCUT2D eigenvalue weighted by molar-refractivity contribution is -0.129. The van der Waals surface area contributed by atoms with E-state index in [2.05, 4.69) is 27.7 Å². The Kier molecular flexibility index (Phi) is 5.69. The van der Waals surface area contributed by atoms with Gasteiger partial charge in [-0.15, -0.1) is 16.4 Å². The monoisotopic (exact) mass is 450 g/mol. The van der Waals surface area contributed by atoms with Crippen LogP contribution in [0.2, 0.25) is 0 Å². The van der Waals surface area contributed by atoms with Crippen molar-refractivity contribution in [1.29, 1.82) is 0 Å². The van der Waals surface area contributed by atoms with Crippen LogP contribution in [0, 0.1) is 6.92 Å². The first-order valence-corrected chi connectivity index (χ1v) is 12.1. The van der Waals surface area contributed by atoms with Crippen molar-refractivity contribution in [2.45, 2.75) is 30.8 Å². The molecule has 1 saturated heterocycles. The van der Waals surface area contributed by atoms with Crippen LogP contribution < -0.4 is 0 Å². The largest absolute Gasteiger partial charge is 0.341 e. The summed E-state index contributed by atoms with van der Waals surface area (Å²) in [5.41, 5.74) is 3.11. The minimum atomic E-state index is 0.120. The van der Waals surface area contributed by atoms with Crippen molar-refractivity contribution in [2.75, 3.05) is 18.8 Å². The van der Waals surface area contributed by atoms with Gasteiger partial charge in [-0.3, -0.25) is 4.79 Å². The molecular formula is C22H22N6OS2. The van der Waals surface area contributed by atoms with E-state index in [1.807, 2.05) is 48.2 Å². The number of carbonyl (C=O) groups is 1. The molecule has 3 heterocycles. The number of aromatic nitrogens is 5. The molecule has 1 fully saturated rings. The number of para-hydroxylation sites is 1. The molecule has 2 aromatic heterocycles. The minimum Gasteiger partial charge on any atom is -0.341 e. The summed E-state index contributed by atoms with van der Waals surface area (Å²) in [4.78, 5) is 19.7. The average Bonchev–Trinajstić information content (AvgIpc) is 3.45. The molecule has 5 rings (SSSR count). The number of tetrazole rings is 1. The summed E-state index contributed by atoms with van der Waals surface area (Å²) in [5, 5.41) is 13.7. The van der Waals surface area contributed by atoms with Crippen LogP contribution in [-0.2, 0) is 4.79 Å². The first kappa shape index (κ1) is 20.1. The van der Waals surface area contributed by atoms with Crippen molar-refractivity contribution >= 4 is 39.2 Å². The van der Waals surface area contributed by atoms with Gasteiger partial charge in [0.15, 0.2) is 0 Å². The number of carbonyl (C=O) groups excluding carboxylic acids is 1. The standard InChI is InChI=1S/C22H22N6OS2/c1-15-8-10-17(11-9-15)28-22(24-25-26-28)30-14-20(29)27-12-4-5-16(13-27)21-23-18-6-2-3-7-19(18)31-21/h2-3,6-11,16H,4-5,12-14H2,1H3/t16-/m1/s1. The van der Waals surface area contributed by atoms with Gasteiger partial charge in [-0.1, -0.05) is 41.6 Å². The van der Waals surface area contributed by atoms with Gasteiger partial charge in [-0.2, -0.15) is 4.68 Å². The van der Waals surface area contributed by atoms with Gasteiger partial charge in [0.1, 0.15) is 0 Å². The van der Waals surface area contributed by atoms with Crippen LogP contribution in [0.25, 0.3) is 15.9 Å². The number of benzene rings is 2. The summed E-state index contributed by atoms with van der Waals surface area (Å²) in [6, 6.07) is 16.2. The lowest BCUT2D eigenvalue weighted by atomic mass is 9.99. The number of thioether (sulfide) groups is 1. The highest BCUT2D eigenvalue weighted by molar-refractivity contribution is 7.99. The Morgan fingerprint density at radius 1 is 1.19 bits per heavy atom. The maximum Gasteiger partial charge on any atom is 0.233 e. The molecule has 9 heteroatoms. The van der Waals surface area contributed by atoms with E-state index in [1.54, 1.807) is 16.0 Å². The summed E-state index contributed by atoms with van der Waals surface area (Å²) in [6.45, 7) is 3.56. The van der Waals surface area contributed by atoms with Gasteiger partial charge in [-0.25, -0.2) is 4.98 Å². The second-order valence-corrected chi connectivity index (χ2v) is 9.70. The van der Waals surface area contributed by atoms with E-state index in [-0.39, 0.29) is 5.91 Å². The van der Waals surface area contributed by atoms with Crippen LogP contribution in [0.4, 0.5) is 0 Å². The third-order valence-corrected chi connectivity index (χ3v) is 7.58. The van der Waals surface area contributed by atoms with Gasteiger partial charge in [-0.05, 0) is 54.5 Å². The number of aryl methyl sites for hydroxylation is 1. The lowest BCUT2D eigenvalue weighted by Crippen LogP contribution is -2.40. The molecule has 0 N–H and O–H groups in total. The molecule has 0 saturated carbocycles. The van der Waals surface area contributed by atoms with E-state index in [0.717, 1.165) is 42.1 Å². The molecule has 1 amide bonds. The number of rotatable bonds is 5. The number of fused-ring (bicyclic) bond motifs is 1. The van der Waals surface area contributed by atoms with Crippen molar-refractivity contribution in [2.24, 2.45) is 0 Å². The second-order valence-electron chi connectivity index (χ2n) is 7.70. The highest BCUT2D eigenvalue weighted by atomic mass is 32.2. The van der Waals surface area contributed by atoms with Gasteiger partial charge in [0, 0.05) is 19.0 Å². The van der Waals surface area contributed by atoms with Gasteiger partial charge in [0.2, 0.25) is 11.1 Å². The van der Waals surface area contributed by atoms with Gasteiger partial charge >= 0.3 is 0 Å². The van der Waals surface area contributed by atoms with Crippen LogP contribution in [0.5, 0.6) is 0 Å². The summed E-state index contributed by atoms with van der Waals surface area (Å²) in [6.07, 6.45) is 2.07. The topological polar surface area (TPSA) is 76.8 Å². The van der Waals surface area contributed by atoms with Crippen LogP contribution >= 0.6 is 23.1 Å². The Balaban J connectivity index is 1.24. The van der Waals surface area contributed by atoms with Crippen LogP contribution in [0.15, 0.2) is 53.7 Å². The summed E-state index contributed by atoms with van der Waals surface area (Å²) >= 11 is 3.12. The van der Waals surface area contributed by atoms with E-state index in [0.29, 0.717) is 16.8 Å². The third kappa shape index (κ3) is 4.33.